The minimum Gasteiger partial charge on any atom is -0.564 e. The second kappa shape index (κ2) is 9.62. The van der Waals surface area contributed by atoms with Crippen molar-refractivity contribution in [2.75, 3.05) is 13.2 Å². The summed E-state index contributed by atoms with van der Waals surface area (Å²) in [6, 6.07) is 9.99. The summed E-state index contributed by atoms with van der Waals surface area (Å²) in [6.45, 7) is 14.0. The van der Waals surface area contributed by atoms with Crippen molar-refractivity contribution in [3.8, 4) is 5.75 Å². The van der Waals surface area contributed by atoms with Gasteiger partial charge < -0.3 is 9.16 Å². The zero-order chi connectivity index (χ0) is 24.6. The van der Waals surface area contributed by atoms with Gasteiger partial charge in [0.05, 0.1) is 27.1 Å². The van der Waals surface area contributed by atoms with E-state index in [1.165, 1.54) is 6.20 Å². The zero-order valence-electron chi connectivity index (χ0n) is 19.9. The largest absolute Gasteiger partial charge is 0.564 e. The number of aromatic nitrogens is 1. The Hall–Kier alpha value is -1.51. The van der Waals surface area contributed by atoms with Crippen LogP contribution in [0, 0.1) is 6.92 Å². The lowest BCUT2D eigenvalue weighted by Gasteiger charge is -2.48. The van der Waals surface area contributed by atoms with Gasteiger partial charge in [0.25, 0.3) is 10.0 Å². The van der Waals surface area contributed by atoms with Crippen molar-refractivity contribution in [2.45, 2.75) is 57.1 Å². The van der Waals surface area contributed by atoms with Crippen LogP contribution in [-0.4, -0.2) is 33.9 Å². The second-order valence-corrected chi connectivity index (χ2v) is 17.1. The number of nitrogens with zero attached hydrogens (tertiary/aromatic N) is 1. The molecule has 181 valence electrons. The smallest absolute Gasteiger partial charge is 0.268 e. The van der Waals surface area contributed by atoms with Crippen LogP contribution in [0.1, 0.15) is 32.8 Å². The topological polar surface area (TPSA) is 57.5 Å². The van der Waals surface area contributed by atoms with Crippen molar-refractivity contribution in [1.82, 2.24) is 3.97 Å². The fraction of sp³-hybridized carbons (Fsp3) is 0.417. The molecular weight excluding hydrogens is 497 g/mol. The minimum absolute atomic E-state index is 0.148. The van der Waals surface area contributed by atoms with E-state index in [-0.39, 0.29) is 20.0 Å². The van der Waals surface area contributed by atoms with Crippen molar-refractivity contribution in [2.24, 2.45) is 0 Å². The number of halogens is 2. The molecule has 0 unspecified atom stereocenters. The fourth-order valence-corrected chi connectivity index (χ4v) is 6.06. The lowest BCUT2D eigenvalue weighted by molar-refractivity contribution is 0.235. The summed E-state index contributed by atoms with van der Waals surface area (Å²) in [7, 11) is -5.66. The van der Waals surface area contributed by atoms with Crippen molar-refractivity contribution >= 4 is 52.4 Å². The monoisotopic (exact) mass is 527 g/mol. The molecule has 1 aromatic heterocycles. The first-order chi connectivity index (χ1) is 15.3. The Bertz CT molecular complexity index is 1250. The van der Waals surface area contributed by atoms with E-state index in [1.54, 1.807) is 36.4 Å². The molecule has 3 rings (SSSR count). The summed E-state index contributed by atoms with van der Waals surface area (Å²) in [4.78, 5) is 0.173. The van der Waals surface area contributed by atoms with E-state index in [0.29, 0.717) is 36.3 Å². The SMILES string of the molecule is Cc1ccc(S(=O)(=O)n2ccc3c(OCCCO[Si-](C)(C)C(C)(C)C)cc(Cl)c(Cl)c32)cc1. The average Bonchev–Trinajstić information content (AvgIpc) is 3.17. The molecule has 0 saturated carbocycles. The highest BCUT2D eigenvalue weighted by Crippen LogP contribution is 2.40. The van der Waals surface area contributed by atoms with Gasteiger partial charge in [0.2, 0.25) is 0 Å². The van der Waals surface area contributed by atoms with E-state index in [9.17, 15) is 8.42 Å². The van der Waals surface area contributed by atoms with Crippen LogP contribution in [0.4, 0.5) is 0 Å². The fourth-order valence-electron chi connectivity index (χ4n) is 3.13. The van der Waals surface area contributed by atoms with E-state index in [1.807, 2.05) is 6.92 Å². The number of ether oxygens (including phenoxy) is 1. The van der Waals surface area contributed by atoms with Crippen LogP contribution in [0.5, 0.6) is 5.75 Å². The third-order valence-electron chi connectivity index (χ3n) is 6.19. The minimum atomic E-state index is -3.85. The van der Waals surface area contributed by atoms with Crippen LogP contribution in [0.2, 0.25) is 28.2 Å². The number of hydrogen-bond donors (Lipinski definition) is 0. The van der Waals surface area contributed by atoms with Gasteiger partial charge in [-0.2, -0.15) is 0 Å². The Morgan fingerprint density at radius 3 is 2.27 bits per heavy atom. The van der Waals surface area contributed by atoms with Crippen molar-refractivity contribution in [1.29, 1.82) is 0 Å². The Morgan fingerprint density at radius 2 is 1.67 bits per heavy atom. The standard InChI is InChI=1S/C24H31Cl2NO4SSi/c1-17-8-10-18(11-9-17)32(28,29)27-13-12-19-21(16-20(25)22(26)23(19)27)30-14-7-15-31-33(5,6)24(2,3)4/h8-13,16H,7,14-15H2,1-6H3/q-1. The normalized spacial score (nSPS) is 13.0. The maximum absolute atomic E-state index is 13.3. The Morgan fingerprint density at radius 1 is 1.03 bits per heavy atom. The first-order valence-corrected chi connectivity index (χ1v) is 15.9. The number of benzene rings is 2. The second-order valence-electron chi connectivity index (χ2n) is 9.67. The molecule has 0 fully saturated rings. The maximum Gasteiger partial charge on any atom is 0.268 e. The molecule has 0 saturated heterocycles. The molecule has 9 heteroatoms. The summed E-state index contributed by atoms with van der Waals surface area (Å²) in [5.41, 5.74) is 1.28. The Balaban J connectivity index is 1.84. The Kier molecular flexibility index (Phi) is 7.61. The highest BCUT2D eigenvalue weighted by atomic mass is 35.5. The van der Waals surface area contributed by atoms with E-state index in [0.717, 1.165) is 9.54 Å². The van der Waals surface area contributed by atoms with Gasteiger partial charge in [0.15, 0.2) is 0 Å². The molecule has 0 amide bonds. The number of fused-ring (bicyclic) bond motifs is 1. The van der Waals surface area contributed by atoms with Gasteiger partial charge in [0.1, 0.15) is 5.75 Å². The van der Waals surface area contributed by atoms with Crippen LogP contribution in [0.15, 0.2) is 47.5 Å². The van der Waals surface area contributed by atoms with Gasteiger partial charge in [-0.05, 0) is 33.4 Å². The zero-order valence-corrected chi connectivity index (χ0v) is 23.2. The van der Waals surface area contributed by atoms with Gasteiger partial charge in [-0.3, -0.25) is 0 Å². The van der Waals surface area contributed by atoms with Crippen LogP contribution in [0.25, 0.3) is 10.9 Å². The van der Waals surface area contributed by atoms with E-state index in [2.05, 4.69) is 33.9 Å². The van der Waals surface area contributed by atoms with Gasteiger partial charge >= 0.3 is 0 Å². The van der Waals surface area contributed by atoms with E-state index in [4.69, 9.17) is 32.4 Å². The van der Waals surface area contributed by atoms with Crippen molar-refractivity contribution < 1.29 is 17.6 Å². The average molecular weight is 529 g/mol. The highest BCUT2D eigenvalue weighted by Gasteiger charge is 2.25. The molecule has 0 spiro atoms. The van der Waals surface area contributed by atoms with Crippen LogP contribution < -0.4 is 4.74 Å². The first kappa shape index (κ1) is 26.1. The van der Waals surface area contributed by atoms with Gasteiger partial charge in [0, 0.05) is 30.7 Å². The first-order valence-electron chi connectivity index (χ1n) is 10.8. The molecular formula is C24H31Cl2NO4SSi-. The molecule has 0 bridgehead atoms. The van der Waals surface area contributed by atoms with Gasteiger partial charge in [-0.15, -0.1) is 18.1 Å². The van der Waals surface area contributed by atoms with Crippen LogP contribution >= 0.6 is 23.2 Å². The predicted molar refractivity (Wildman–Crippen MR) is 139 cm³/mol. The summed E-state index contributed by atoms with van der Waals surface area (Å²) in [5.74, 6) is 0.490. The molecule has 0 N–H and O–H groups in total. The molecule has 1 heterocycles. The predicted octanol–water partition coefficient (Wildman–Crippen LogP) is 7.28. The molecule has 5 nitrogen and oxygen atoms in total. The molecule has 0 atom stereocenters. The Labute approximate surface area is 207 Å². The third-order valence-corrected chi connectivity index (χ3v) is 13.2. The van der Waals surface area contributed by atoms with Gasteiger partial charge in [-0.25, -0.2) is 12.4 Å². The van der Waals surface area contributed by atoms with Crippen molar-refractivity contribution in [3.63, 3.8) is 0 Å². The van der Waals surface area contributed by atoms with Crippen LogP contribution in [0.3, 0.4) is 0 Å². The molecule has 0 radical (unpaired) electrons. The lowest BCUT2D eigenvalue weighted by atomic mass is 10.2. The quantitative estimate of drug-likeness (QED) is 0.228. The molecule has 0 aliphatic rings. The molecule has 2 aromatic carbocycles. The third kappa shape index (κ3) is 5.43. The number of rotatable bonds is 8. The van der Waals surface area contributed by atoms with E-state index < -0.39 is 18.3 Å². The number of aryl methyl sites for hydroxylation is 1. The lowest BCUT2D eigenvalue weighted by Crippen LogP contribution is -2.41. The van der Waals surface area contributed by atoms with Crippen molar-refractivity contribution in [3.05, 3.63) is 58.2 Å². The summed E-state index contributed by atoms with van der Waals surface area (Å²) >= 11 is 12.8. The highest BCUT2D eigenvalue weighted by molar-refractivity contribution is 7.90. The van der Waals surface area contributed by atoms with E-state index >= 15 is 0 Å². The van der Waals surface area contributed by atoms with Gasteiger partial charge in [-0.1, -0.05) is 61.7 Å². The summed E-state index contributed by atoms with van der Waals surface area (Å²) in [6.07, 6.45) is 2.19. The molecule has 0 aliphatic carbocycles. The number of hydrogen-bond acceptors (Lipinski definition) is 4. The maximum atomic E-state index is 13.3. The molecule has 3 aromatic rings. The summed E-state index contributed by atoms with van der Waals surface area (Å²) in [5, 5.41) is 1.14. The molecule has 33 heavy (non-hydrogen) atoms. The molecule has 0 aliphatic heterocycles. The van der Waals surface area contributed by atoms with Crippen LogP contribution in [-0.2, 0) is 14.4 Å². The summed E-state index contributed by atoms with van der Waals surface area (Å²) < 4.78 is 39.9.